The zero-order valence-corrected chi connectivity index (χ0v) is 15.3. The number of hydrogen-bond acceptors (Lipinski definition) is 1. The molecule has 0 radical (unpaired) electrons. The molecule has 21 heavy (non-hydrogen) atoms. The second kappa shape index (κ2) is 7.85. The van der Waals surface area contributed by atoms with E-state index < -0.39 is 0 Å². The van der Waals surface area contributed by atoms with E-state index in [1.54, 1.807) is 0 Å². The van der Waals surface area contributed by atoms with Crippen molar-refractivity contribution in [3.63, 3.8) is 0 Å². The van der Waals surface area contributed by atoms with Gasteiger partial charge in [-0.2, -0.15) is 0 Å². The van der Waals surface area contributed by atoms with Gasteiger partial charge in [0, 0.05) is 9.50 Å². The van der Waals surface area contributed by atoms with Gasteiger partial charge in [0.2, 0.25) is 0 Å². The monoisotopic (exact) mass is 405 g/mol. The van der Waals surface area contributed by atoms with E-state index in [0.717, 1.165) is 28.6 Å². The van der Waals surface area contributed by atoms with E-state index in [2.05, 4.69) is 34.2 Å². The molecular weight excluding hydrogens is 392 g/mol. The van der Waals surface area contributed by atoms with Crippen molar-refractivity contribution in [2.24, 2.45) is 0 Å². The number of benzene rings is 2. The highest BCUT2D eigenvalue weighted by molar-refractivity contribution is 9.10. The van der Waals surface area contributed by atoms with Crippen molar-refractivity contribution in [2.75, 3.05) is 6.54 Å². The number of nitrogens with one attached hydrogen (secondary N) is 1. The molecule has 0 saturated heterocycles. The van der Waals surface area contributed by atoms with Crippen molar-refractivity contribution in [3.05, 3.63) is 67.1 Å². The average molecular weight is 408 g/mol. The van der Waals surface area contributed by atoms with E-state index in [0.29, 0.717) is 15.1 Å². The normalized spacial score (nSPS) is 12.4. The summed E-state index contributed by atoms with van der Waals surface area (Å²) >= 11 is 21.8. The third-order valence-electron chi connectivity index (χ3n) is 3.09. The number of rotatable bonds is 5. The van der Waals surface area contributed by atoms with Gasteiger partial charge in [-0.05, 0) is 54.4 Å². The van der Waals surface area contributed by atoms with Crippen LogP contribution in [0.1, 0.15) is 30.5 Å². The van der Waals surface area contributed by atoms with E-state index in [1.807, 2.05) is 30.3 Å². The van der Waals surface area contributed by atoms with Gasteiger partial charge in [-0.15, -0.1) is 0 Å². The Balaban J connectivity index is 2.43. The summed E-state index contributed by atoms with van der Waals surface area (Å²) in [5.41, 5.74) is 2.15. The van der Waals surface area contributed by atoms with Crippen LogP contribution in [0.25, 0.3) is 0 Å². The van der Waals surface area contributed by atoms with Crippen LogP contribution in [0, 0.1) is 0 Å². The van der Waals surface area contributed by atoms with Crippen molar-refractivity contribution >= 4 is 50.7 Å². The van der Waals surface area contributed by atoms with Gasteiger partial charge in [0.25, 0.3) is 0 Å². The predicted octanol–water partition coefficient (Wildman–Crippen LogP) is 6.50. The molecule has 1 atom stereocenters. The molecule has 0 amide bonds. The molecule has 0 bridgehead atoms. The minimum absolute atomic E-state index is 0.0229. The SMILES string of the molecule is CCCNC(c1cc(Cl)cc(Br)c1)c1ccc(Cl)c(Cl)c1. The second-order valence-corrected chi connectivity index (χ2v) is 6.93. The molecule has 0 aliphatic rings. The zero-order valence-electron chi connectivity index (χ0n) is 11.5. The molecule has 5 heteroatoms. The molecule has 1 unspecified atom stereocenters. The molecule has 0 aliphatic heterocycles. The van der Waals surface area contributed by atoms with Gasteiger partial charge in [0.05, 0.1) is 16.1 Å². The van der Waals surface area contributed by atoms with E-state index in [4.69, 9.17) is 34.8 Å². The first-order chi connectivity index (χ1) is 10.0. The highest BCUT2D eigenvalue weighted by atomic mass is 79.9. The fourth-order valence-corrected chi connectivity index (χ4v) is 3.34. The van der Waals surface area contributed by atoms with Crippen LogP contribution in [0.3, 0.4) is 0 Å². The smallest absolute Gasteiger partial charge is 0.0595 e. The van der Waals surface area contributed by atoms with Gasteiger partial charge in [-0.1, -0.05) is 63.7 Å². The summed E-state index contributed by atoms with van der Waals surface area (Å²) in [6.45, 7) is 3.03. The highest BCUT2D eigenvalue weighted by Gasteiger charge is 2.15. The summed E-state index contributed by atoms with van der Waals surface area (Å²) in [6.07, 6.45) is 1.04. The summed E-state index contributed by atoms with van der Waals surface area (Å²) in [5.74, 6) is 0. The standard InChI is InChI=1S/C16H15BrCl3N/c1-2-5-21-16(10-3-4-14(19)15(20)8-10)11-6-12(17)9-13(18)7-11/h3-4,6-9,16,21H,2,5H2,1H3. The first kappa shape index (κ1) is 17.1. The fourth-order valence-electron chi connectivity index (χ4n) is 2.15. The lowest BCUT2D eigenvalue weighted by atomic mass is 9.98. The van der Waals surface area contributed by atoms with Crippen LogP contribution in [0.4, 0.5) is 0 Å². The van der Waals surface area contributed by atoms with Crippen LogP contribution >= 0.6 is 50.7 Å². The molecule has 0 spiro atoms. The molecule has 0 aliphatic carbocycles. The maximum Gasteiger partial charge on any atom is 0.0595 e. The molecule has 2 rings (SSSR count). The van der Waals surface area contributed by atoms with Gasteiger partial charge < -0.3 is 5.32 Å². The molecular formula is C16H15BrCl3N. The Bertz CT molecular complexity index is 611. The van der Waals surface area contributed by atoms with Crippen LogP contribution < -0.4 is 5.32 Å². The average Bonchev–Trinajstić information content (AvgIpc) is 2.42. The summed E-state index contributed by atoms with van der Waals surface area (Å²) < 4.78 is 0.952. The van der Waals surface area contributed by atoms with Gasteiger partial charge >= 0.3 is 0 Å². The fraction of sp³-hybridized carbons (Fsp3) is 0.250. The van der Waals surface area contributed by atoms with Gasteiger partial charge in [-0.3, -0.25) is 0 Å². The molecule has 0 aromatic heterocycles. The second-order valence-electron chi connectivity index (χ2n) is 4.76. The maximum atomic E-state index is 6.17. The van der Waals surface area contributed by atoms with Crippen molar-refractivity contribution in [3.8, 4) is 0 Å². The van der Waals surface area contributed by atoms with Crippen molar-refractivity contribution in [1.29, 1.82) is 0 Å². The number of hydrogen-bond donors (Lipinski definition) is 1. The summed E-state index contributed by atoms with van der Waals surface area (Å²) in [4.78, 5) is 0. The van der Waals surface area contributed by atoms with Crippen LogP contribution in [0.5, 0.6) is 0 Å². The van der Waals surface area contributed by atoms with Crippen LogP contribution in [-0.4, -0.2) is 6.54 Å². The molecule has 2 aromatic rings. The third-order valence-corrected chi connectivity index (χ3v) is 4.51. The van der Waals surface area contributed by atoms with Crippen LogP contribution in [-0.2, 0) is 0 Å². The largest absolute Gasteiger partial charge is 0.306 e. The lowest BCUT2D eigenvalue weighted by Crippen LogP contribution is -2.23. The Morgan fingerprint density at radius 2 is 1.76 bits per heavy atom. The van der Waals surface area contributed by atoms with Gasteiger partial charge in [0.1, 0.15) is 0 Å². The summed E-state index contributed by atoms with van der Waals surface area (Å²) in [6, 6.07) is 11.6. The summed E-state index contributed by atoms with van der Waals surface area (Å²) in [7, 11) is 0. The Hall–Kier alpha value is -0.250. The van der Waals surface area contributed by atoms with Gasteiger partial charge in [0.15, 0.2) is 0 Å². The topological polar surface area (TPSA) is 12.0 Å². The lowest BCUT2D eigenvalue weighted by Gasteiger charge is -2.20. The molecule has 0 fully saturated rings. The molecule has 2 aromatic carbocycles. The third kappa shape index (κ3) is 4.61. The predicted molar refractivity (Wildman–Crippen MR) is 95.8 cm³/mol. The molecule has 0 heterocycles. The minimum Gasteiger partial charge on any atom is -0.306 e. The van der Waals surface area contributed by atoms with Crippen LogP contribution in [0.15, 0.2) is 40.9 Å². The van der Waals surface area contributed by atoms with E-state index in [9.17, 15) is 0 Å². The lowest BCUT2D eigenvalue weighted by molar-refractivity contribution is 0.598. The molecule has 0 saturated carbocycles. The van der Waals surface area contributed by atoms with E-state index in [1.165, 1.54) is 0 Å². The van der Waals surface area contributed by atoms with E-state index in [-0.39, 0.29) is 6.04 Å². The first-order valence-electron chi connectivity index (χ1n) is 6.65. The van der Waals surface area contributed by atoms with Crippen molar-refractivity contribution < 1.29 is 0 Å². The Kier molecular flexibility index (Phi) is 6.39. The van der Waals surface area contributed by atoms with Crippen LogP contribution in [0.2, 0.25) is 15.1 Å². The zero-order chi connectivity index (χ0) is 15.4. The minimum atomic E-state index is 0.0229. The van der Waals surface area contributed by atoms with E-state index >= 15 is 0 Å². The van der Waals surface area contributed by atoms with Crippen molar-refractivity contribution in [2.45, 2.75) is 19.4 Å². The maximum absolute atomic E-state index is 6.17. The first-order valence-corrected chi connectivity index (χ1v) is 8.58. The molecule has 1 nitrogen and oxygen atoms in total. The Labute approximate surface area is 148 Å². The Morgan fingerprint density at radius 3 is 2.38 bits per heavy atom. The molecule has 1 N–H and O–H groups in total. The quantitative estimate of drug-likeness (QED) is 0.597. The van der Waals surface area contributed by atoms with Crippen molar-refractivity contribution in [1.82, 2.24) is 5.32 Å². The summed E-state index contributed by atoms with van der Waals surface area (Å²) in [5, 5.41) is 5.33. The Morgan fingerprint density at radius 1 is 1.00 bits per heavy atom. The molecule has 112 valence electrons. The highest BCUT2D eigenvalue weighted by Crippen LogP contribution is 2.31. The van der Waals surface area contributed by atoms with Gasteiger partial charge in [-0.25, -0.2) is 0 Å². The number of halogens is 4.